The van der Waals surface area contributed by atoms with E-state index in [0.29, 0.717) is 6.54 Å². The predicted octanol–water partition coefficient (Wildman–Crippen LogP) is 2.19. The average Bonchev–Trinajstić information content (AvgIpc) is 3.01. The van der Waals surface area contributed by atoms with Crippen LogP contribution in [0.1, 0.15) is 36.0 Å². The van der Waals surface area contributed by atoms with Crippen molar-refractivity contribution in [1.82, 2.24) is 25.1 Å². The summed E-state index contributed by atoms with van der Waals surface area (Å²) in [4.78, 5) is 4.22. The van der Waals surface area contributed by atoms with Gasteiger partial charge in [-0.1, -0.05) is 11.6 Å². The molecule has 1 aliphatic heterocycles. The van der Waals surface area contributed by atoms with Crippen LogP contribution in [0.3, 0.4) is 0 Å². The van der Waals surface area contributed by atoms with Crippen LogP contribution in [-0.2, 0) is 19.5 Å². The molecule has 96 valence electrons. The van der Waals surface area contributed by atoms with Gasteiger partial charge in [0.25, 0.3) is 0 Å². The fraction of sp³-hybridized carbons (Fsp3) is 0.545. The predicted molar refractivity (Wildman–Crippen MR) is 70.7 cm³/mol. The summed E-state index contributed by atoms with van der Waals surface area (Å²) in [5.74, 6) is 2.13. The number of aryl methyl sites for hydroxylation is 1. The number of nitrogens with one attached hydrogen (secondary N) is 1. The highest BCUT2D eigenvalue weighted by Crippen LogP contribution is 2.21. The Balaban J connectivity index is 1.66. The van der Waals surface area contributed by atoms with E-state index in [4.69, 9.17) is 11.6 Å². The Morgan fingerprint density at radius 1 is 1.56 bits per heavy atom. The molecule has 5 nitrogen and oxygen atoms in total. The van der Waals surface area contributed by atoms with Crippen LogP contribution in [0.15, 0.2) is 6.20 Å². The number of halogens is 1. The summed E-state index contributed by atoms with van der Waals surface area (Å²) in [6.45, 7) is 3.85. The SMILES string of the molecule is CC(NCc1ncc(Cl)s1)c1nnc2n1CCC2. The number of fused-ring (bicyclic) bond motifs is 1. The standard InChI is InChI=1S/C11H14ClN5S/c1-7(13-6-10-14-5-8(12)18-10)11-16-15-9-3-2-4-17(9)11/h5,7,13H,2-4,6H2,1H3. The van der Waals surface area contributed by atoms with Crippen LogP contribution in [0, 0.1) is 0 Å². The molecule has 0 radical (unpaired) electrons. The van der Waals surface area contributed by atoms with Gasteiger partial charge in [0.2, 0.25) is 0 Å². The monoisotopic (exact) mass is 283 g/mol. The molecule has 1 aliphatic rings. The normalized spacial score (nSPS) is 15.9. The third-order valence-corrected chi connectivity index (χ3v) is 4.23. The molecule has 3 rings (SSSR count). The minimum absolute atomic E-state index is 0.173. The highest BCUT2D eigenvalue weighted by molar-refractivity contribution is 7.15. The number of nitrogens with zero attached hydrogens (tertiary/aromatic N) is 4. The van der Waals surface area contributed by atoms with Crippen molar-refractivity contribution >= 4 is 22.9 Å². The second kappa shape index (κ2) is 4.95. The first-order valence-corrected chi connectivity index (χ1v) is 7.19. The second-order valence-corrected chi connectivity index (χ2v) is 6.14. The minimum Gasteiger partial charge on any atom is -0.314 e. The number of hydrogen-bond acceptors (Lipinski definition) is 5. The molecule has 1 unspecified atom stereocenters. The zero-order valence-electron chi connectivity index (χ0n) is 10.1. The molecular formula is C11H14ClN5S. The van der Waals surface area contributed by atoms with Crippen molar-refractivity contribution < 1.29 is 0 Å². The van der Waals surface area contributed by atoms with Crippen LogP contribution < -0.4 is 5.32 Å². The van der Waals surface area contributed by atoms with Crippen LogP contribution in [-0.4, -0.2) is 19.7 Å². The maximum atomic E-state index is 5.85. The summed E-state index contributed by atoms with van der Waals surface area (Å²) in [7, 11) is 0. The summed E-state index contributed by atoms with van der Waals surface area (Å²) in [6.07, 6.45) is 3.90. The maximum Gasteiger partial charge on any atom is 0.149 e. The Hall–Kier alpha value is -0.980. The van der Waals surface area contributed by atoms with Gasteiger partial charge in [-0.15, -0.1) is 21.5 Å². The lowest BCUT2D eigenvalue weighted by Gasteiger charge is -2.12. The second-order valence-electron chi connectivity index (χ2n) is 4.39. The van der Waals surface area contributed by atoms with Gasteiger partial charge in [-0.05, 0) is 13.3 Å². The van der Waals surface area contributed by atoms with Crippen LogP contribution in [0.25, 0.3) is 0 Å². The Morgan fingerprint density at radius 2 is 2.44 bits per heavy atom. The van der Waals surface area contributed by atoms with E-state index in [1.165, 1.54) is 17.8 Å². The van der Waals surface area contributed by atoms with Gasteiger partial charge < -0.3 is 9.88 Å². The van der Waals surface area contributed by atoms with Crippen molar-refractivity contribution in [3.8, 4) is 0 Å². The fourth-order valence-electron chi connectivity index (χ4n) is 2.19. The lowest BCUT2D eigenvalue weighted by molar-refractivity contribution is 0.515. The molecule has 0 bridgehead atoms. The molecule has 0 aliphatic carbocycles. The van der Waals surface area contributed by atoms with Crippen LogP contribution in [0.5, 0.6) is 0 Å². The zero-order valence-corrected chi connectivity index (χ0v) is 11.6. The van der Waals surface area contributed by atoms with Gasteiger partial charge in [-0.3, -0.25) is 0 Å². The Morgan fingerprint density at radius 3 is 3.22 bits per heavy atom. The summed E-state index contributed by atoms with van der Waals surface area (Å²) in [6, 6.07) is 0.173. The first-order chi connectivity index (χ1) is 8.74. The van der Waals surface area contributed by atoms with E-state index < -0.39 is 0 Å². The van der Waals surface area contributed by atoms with Crippen LogP contribution >= 0.6 is 22.9 Å². The molecule has 0 fully saturated rings. The van der Waals surface area contributed by atoms with Gasteiger partial charge in [-0.25, -0.2) is 4.98 Å². The first-order valence-electron chi connectivity index (χ1n) is 5.99. The van der Waals surface area contributed by atoms with Gasteiger partial charge >= 0.3 is 0 Å². The molecule has 2 aromatic rings. The zero-order chi connectivity index (χ0) is 12.5. The smallest absolute Gasteiger partial charge is 0.149 e. The molecule has 1 atom stereocenters. The van der Waals surface area contributed by atoms with Crippen LogP contribution in [0.2, 0.25) is 4.34 Å². The average molecular weight is 284 g/mol. The highest BCUT2D eigenvalue weighted by atomic mass is 35.5. The van der Waals surface area contributed by atoms with Gasteiger partial charge in [0.05, 0.1) is 12.2 Å². The van der Waals surface area contributed by atoms with Crippen molar-refractivity contribution in [2.45, 2.75) is 38.9 Å². The van der Waals surface area contributed by atoms with Gasteiger partial charge in [-0.2, -0.15) is 0 Å². The third-order valence-electron chi connectivity index (χ3n) is 3.11. The third kappa shape index (κ3) is 2.28. The molecule has 7 heteroatoms. The molecule has 0 aromatic carbocycles. The van der Waals surface area contributed by atoms with E-state index in [2.05, 4.69) is 32.0 Å². The largest absolute Gasteiger partial charge is 0.314 e. The van der Waals surface area contributed by atoms with Gasteiger partial charge in [0.1, 0.15) is 21.0 Å². The Bertz CT molecular complexity index is 549. The molecule has 18 heavy (non-hydrogen) atoms. The van der Waals surface area contributed by atoms with Gasteiger partial charge in [0.15, 0.2) is 0 Å². The molecule has 0 amide bonds. The quantitative estimate of drug-likeness (QED) is 0.934. The molecular weight excluding hydrogens is 270 g/mol. The van der Waals surface area contributed by atoms with E-state index in [1.54, 1.807) is 6.20 Å². The molecule has 0 spiro atoms. The van der Waals surface area contributed by atoms with E-state index in [0.717, 1.165) is 34.0 Å². The maximum absolute atomic E-state index is 5.85. The van der Waals surface area contributed by atoms with Crippen molar-refractivity contribution in [3.05, 3.63) is 27.2 Å². The lowest BCUT2D eigenvalue weighted by atomic mass is 10.3. The van der Waals surface area contributed by atoms with E-state index in [1.807, 2.05) is 0 Å². The Labute approximate surface area is 114 Å². The number of rotatable bonds is 4. The summed E-state index contributed by atoms with van der Waals surface area (Å²) >= 11 is 7.36. The highest BCUT2D eigenvalue weighted by Gasteiger charge is 2.21. The summed E-state index contributed by atoms with van der Waals surface area (Å²) in [5.41, 5.74) is 0. The molecule has 2 aromatic heterocycles. The van der Waals surface area contributed by atoms with Crippen LogP contribution in [0.4, 0.5) is 0 Å². The molecule has 3 heterocycles. The summed E-state index contributed by atoms with van der Waals surface area (Å²) < 4.78 is 2.94. The van der Waals surface area contributed by atoms with Crippen molar-refractivity contribution in [2.24, 2.45) is 0 Å². The molecule has 1 N–H and O–H groups in total. The first kappa shape index (κ1) is 12.1. The van der Waals surface area contributed by atoms with E-state index >= 15 is 0 Å². The molecule has 0 saturated heterocycles. The summed E-state index contributed by atoms with van der Waals surface area (Å²) in [5, 5.41) is 12.9. The number of aromatic nitrogens is 4. The van der Waals surface area contributed by atoms with Crippen molar-refractivity contribution in [2.75, 3.05) is 0 Å². The van der Waals surface area contributed by atoms with E-state index in [-0.39, 0.29) is 6.04 Å². The van der Waals surface area contributed by atoms with Crippen molar-refractivity contribution in [1.29, 1.82) is 0 Å². The number of thiazole rings is 1. The fourth-order valence-corrected chi connectivity index (χ4v) is 3.10. The van der Waals surface area contributed by atoms with E-state index in [9.17, 15) is 0 Å². The van der Waals surface area contributed by atoms with Gasteiger partial charge in [0, 0.05) is 19.5 Å². The Kier molecular flexibility index (Phi) is 3.32. The molecule has 0 saturated carbocycles. The number of hydrogen-bond donors (Lipinski definition) is 1. The topological polar surface area (TPSA) is 55.6 Å². The lowest BCUT2D eigenvalue weighted by Crippen LogP contribution is -2.21. The van der Waals surface area contributed by atoms with Crippen molar-refractivity contribution in [3.63, 3.8) is 0 Å². The minimum atomic E-state index is 0.173.